The van der Waals surface area contributed by atoms with Gasteiger partial charge in [-0.3, -0.25) is 9.59 Å². The Kier molecular flexibility index (Phi) is 4.72. The Morgan fingerprint density at radius 1 is 1.14 bits per heavy atom. The summed E-state index contributed by atoms with van der Waals surface area (Å²) < 4.78 is 0. The van der Waals surface area contributed by atoms with Crippen LogP contribution in [-0.4, -0.2) is 18.4 Å². The van der Waals surface area contributed by atoms with Gasteiger partial charge >= 0.3 is 0 Å². The Hall–Kier alpha value is -2.30. The van der Waals surface area contributed by atoms with Gasteiger partial charge in [-0.1, -0.05) is 53.6 Å². The largest absolute Gasteiger partial charge is 0.355 e. The Bertz CT molecular complexity index is 1000. The van der Waals surface area contributed by atoms with Gasteiger partial charge in [0.25, 0.3) is 0 Å². The van der Waals surface area contributed by atoms with E-state index in [0.29, 0.717) is 22.3 Å². The summed E-state index contributed by atoms with van der Waals surface area (Å²) in [6.07, 6.45) is 0.180. The number of carbonyl (C=O) groups excluding carboxylic acids is 2. The maximum atomic E-state index is 13.6. The molecule has 2 aliphatic heterocycles. The van der Waals surface area contributed by atoms with E-state index in [1.165, 1.54) is 0 Å². The molecule has 4 nitrogen and oxygen atoms in total. The molecule has 0 aliphatic carbocycles. The minimum Gasteiger partial charge on any atom is -0.355 e. The molecule has 0 aromatic heterocycles. The van der Waals surface area contributed by atoms with Crippen molar-refractivity contribution in [1.82, 2.24) is 5.32 Å². The molecule has 4 rings (SSSR count). The van der Waals surface area contributed by atoms with E-state index in [2.05, 4.69) is 17.2 Å². The van der Waals surface area contributed by atoms with Crippen molar-refractivity contribution in [3.63, 3.8) is 0 Å². The number of amides is 2. The molecule has 6 heteroatoms. The quantitative estimate of drug-likeness (QED) is 0.700. The molecular weight excluding hydrogens is 395 g/mol. The van der Waals surface area contributed by atoms with Crippen molar-refractivity contribution in [3.05, 3.63) is 75.8 Å². The van der Waals surface area contributed by atoms with Crippen molar-refractivity contribution in [2.45, 2.75) is 24.7 Å². The Labute approximate surface area is 173 Å². The van der Waals surface area contributed by atoms with Gasteiger partial charge < -0.3 is 10.6 Å². The molecule has 2 aliphatic rings. The average Bonchev–Trinajstić information content (AvgIpc) is 2.80. The second kappa shape index (κ2) is 6.94. The smallest absolute Gasteiger partial charge is 0.236 e. The maximum Gasteiger partial charge on any atom is 0.236 e. The topological polar surface area (TPSA) is 58.2 Å². The molecule has 1 saturated heterocycles. The first-order valence-corrected chi connectivity index (χ1v) is 9.88. The number of hydrogen-bond donors (Lipinski definition) is 2. The van der Waals surface area contributed by atoms with Crippen LogP contribution in [0.15, 0.2) is 54.6 Å². The molecule has 1 fully saturated rings. The van der Waals surface area contributed by atoms with Gasteiger partial charge in [0, 0.05) is 40.5 Å². The number of hydrogen-bond acceptors (Lipinski definition) is 2. The highest BCUT2D eigenvalue weighted by Gasteiger charge is 2.59. The van der Waals surface area contributed by atoms with Gasteiger partial charge in [-0.25, -0.2) is 0 Å². The monoisotopic (exact) mass is 414 g/mol. The van der Waals surface area contributed by atoms with Crippen LogP contribution < -0.4 is 10.6 Å². The first kappa shape index (κ1) is 19.0. The van der Waals surface area contributed by atoms with Gasteiger partial charge in [0.2, 0.25) is 11.8 Å². The zero-order valence-corrected chi connectivity index (χ0v) is 16.9. The summed E-state index contributed by atoms with van der Waals surface area (Å²) in [6.45, 7) is 6.40. The summed E-state index contributed by atoms with van der Waals surface area (Å²) >= 11 is 12.4. The summed E-state index contributed by atoms with van der Waals surface area (Å²) in [5.74, 6) is -0.897. The highest BCUT2D eigenvalue weighted by atomic mass is 35.5. The predicted octanol–water partition coefficient (Wildman–Crippen LogP) is 4.68. The minimum atomic E-state index is -0.977. The second-order valence-electron chi connectivity index (χ2n) is 7.53. The van der Waals surface area contributed by atoms with Crippen LogP contribution in [0.25, 0.3) is 0 Å². The molecule has 2 aromatic carbocycles. The molecule has 1 spiro atoms. The molecule has 28 heavy (non-hydrogen) atoms. The van der Waals surface area contributed by atoms with Crippen LogP contribution >= 0.6 is 23.2 Å². The maximum absolute atomic E-state index is 13.6. The summed E-state index contributed by atoms with van der Waals surface area (Å²) in [7, 11) is 0. The first-order chi connectivity index (χ1) is 13.3. The molecular formula is C22H20Cl2N2O2. The third-order valence-electron chi connectivity index (χ3n) is 5.89. The van der Waals surface area contributed by atoms with E-state index in [1.807, 2.05) is 31.2 Å². The molecule has 144 valence electrons. The minimum absolute atomic E-state index is 0.0942. The lowest BCUT2D eigenvalue weighted by atomic mass is 9.59. The first-order valence-electron chi connectivity index (χ1n) is 9.13. The fraction of sp³-hybridized carbons (Fsp3) is 0.273. The molecule has 0 unspecified atom stereocenters. The van der Waals surface area contributed by atoms with E-state index in [-0.39, 0.29) is 24.2 Å². The zero-order chi connectivity index (χ0) is 20.1. The Morgan fingerprint density at radius 3 is 2.61 bits per heavy atom. The van der Waals surface area contributed by atoms with Crippen molar-refractivity contribution >= 4 is 40.7 Å². The van der Waals surface area contributed by atoms with Crippen molar-refractivity contribution in [3.8, 4) is 0 Å². The number of carbonyl (C=O) groups is 2. The number of anilines is 1. The zero-order valence-electron chi connectivity index (χ0n) is 15.4. The van der Waals surface area contributed by atoms with Gasteiger partial charge in [0.05, 0.1) is 5.41 Å². The molecule has 0 saturated carbocycles. The van der Waals surface area contributed by atoms with E-state index >= 15 is 0 Å². The highest BCUT2D eigenvalue weighted by molar-refractivity contribution is 6.31. The van der Waals surface area contributed by atoms with Crippen molar-refractivity contribution in [2.24, 2.45) is 5.92 Å². The molecule has 0 radical (unpaired) electrons. The standard InChI is InChI=1S/C22H20Cl2N2O2/c1-12(2)18-11-25-20(27)10-17(13-4-3-5-14(23)8-13)22(18)16-7-6-15(24)9-19(16)26-21(22)28/h3-9,17-18H,1,10-11H2,2H3,(H,25,27)(H,26,28)/t17-,18+,22-/m1/s1. The summed E-state index contributed by atoms with van der Waals surface area (Å²) in [6, 6.07) is 12.8. The van der Waals surface area contributed by atoms with Crippen LogP contribution in [0.3, 0.4) is 0 Å². The molecule has 2 aromatic rings. The molecule has 2 heterocycles. The molecule has 0 bridgehead atoms. The second-order valence-corrected chi connectivity index (χ2v) is 8.40. The lowest BCUT2D eigenvalue weighted by molar-refractivity contribution is -0.123. The number of nitrogens with one attached hydrogen (secondary N) is 2. The van der Waals surface area contributed by atoms with Crippen LogP contribution in [0.5, 0.6) is 0 Å². The van der Waals surface area contributed by atoms with Crippen LogP contribution in [0.1, 0.15) is 30.4 Å². The predicted molar refractivity (Wildman–Crippen MR) is 112 cm³/mol. The van der Waals surface area contributed by atoms with Crippen molar-refractivity contribution < 1.29 is 9.59 Å². The summed E-state index contributed by atoms with van der Waals surface area (Å²) in [5, 5.41) is 7.08. The third-order valence-corrected chi connectivity index (χ3v) is 6.36. The van der Waals surface area contributed by atoms with E-state index in [1.54, 1.807) is 18.2 Å². The van der Waals surface area contributed by atoms with E-state index in [0.717, 1.165) is 16.7 Å². The number of rotatable bonds is 2. The van der Waals surface area contributed by atoms with Gasteiger partial charge in [0.15, 0.2) is 0 Å². The van der Waals surface area contributed by atoms with Crippen LogP contribution in [-0.2, 0) is 15.0 Å². The molecule has 2 N–H and O–H groups in total. The average molecular weight is 415 g/mol. The van der Waals surface area contributed by atoms with E-state index < -0.39 is 11.3 Å². The fourth-order valence-corrected chi connectivity index (χ4v) is 5.10. The SMILES string of the molecule is C=C(C)[C@@H]1CNC(=O)C[C@H](c2cccc(Cl)c2)[C@@]12C(=O)Nc1cc(Cl)ccc12. The van der Waals surface area contributed by atoms with E-state index in [4.69, 9.17) is 23.2 Å². The number of halogens is 2. The number of benzene rings is 2. The molecule has 3 atom stereocenters. The lowest BCUT2D eigenvalue weighted by Gasteiger charge is -2.40. The number of fused-ring (bicyclic) bond motifs is 2. The lowest BCUT2D eigenvalue weighted by Crippen LogP contribution is -2.48. The van der Waals surface area contributed by atoms with Gasteiger partial charge in [0.1, 0.15) is 0 Å². The molecule has 2 amide bonds. The van der Waals surface area contributed by atoms with Gasteiger partial charge in [-0.15, -0.1) is 0 Å². The van der Waals surface area contributed by atoms with Gasteiger partial charge in [-0.05, 0) is 42.3 Å². The van der Waals surface area contributed by atoms with Gasteiger partial charge in [-0.2, -0.15) is 0 Å². The summed E-state index contributed by atoms with van der Waals surface area (Å²) in [5.41, 5.74) is 2.25. The summed E-state index contributed by atoms with van der Waals surface area (Å²) in [4.78, 5) is 26.2. The highest BCUT2D eigenvalue weighted by Crippen LogP contribution is 2.55. The van der Waals surface area contributed by atoms with Crippen LogP contribution in [0, 0.1) is 5.92 Å². The normalized spacial score (nSPS) is 26.4. The Morgan fingerprint density at radius 2 is 1.89 bits per heavy atom. The Balaban J connectivity index is 2.03. The van der Waals surface area contributed by atoms with E-state index in [9.17, 15) is 9.59 Å². The fourth-order valence-electron chi connectivity index (χ4n) is 4.73. The third kappa shape index (κ3) is 2.83. The van der Waals surface area contributed by atoms with Crippen molar-refractivity contribution in [2.75, 3.05) is 11.9 Å². The van der Waals surface area contributed by atoms with Crippen LogP contribution in [0.2, 0.25) is 10.0 Å². The van der Waals surface area contributed by atoms with Crippen LogP contribution in [0.4, 0.5) is 5.69 Å². The van der Waals surface area contributed by atoms with Crippen molar-refractivity contribution in [1.29, 1.82) is 0 Å².